The Morgan fingerprint density at radius 1 is 0.852 bits per heavy atom. The number of nitrogens with zero attached hydrogens (tertiary/aromatic N) is 1. The summed E-state index contributed by atoms with van der Waals surface area (Å²) in [6, 6.07) is 23.8. The number of hydrogen-bond donors (Lipinski definition) is 1. The van der Waals surface area contributed by atoms with Crippen molar-refractivity contribution in [3.8, 4) is 11.3 Å². The van der Waals surface area contributed by atoms with E-state index >= 15 is 0 Å². The molecule has 0 fully saturated rings. The van der Waals surface area contributed by atoms with Crippen LogP contribution < -0.4 is 5.32 Å². The lowest BCUT2D eigenvalue weighted by Crippen LogP contribution is -2.13. The van der Waals surface area contributed by atoms with Crippen molar-refractivity contribution in [1.29, 1.82) is 0 Å². The third kappa shape index (κ3) is 3.65. The number of amides is 1. The minimum atomic E-state index is -0.218. The smallest absolute Gasteiger partial charge is 0.256 e. The molecule has 0 aliphatic heterocycles. The Hall–Kier alpha value is -2.88. The Labute approximate surface area is 166 Å². The Morgan fingerprint density at radius 3 is 2.33 bits per heavy atom. The van der Waals surface area contributed by atoms with E-state index in [-0.39, 0.29) is 5.91 Å². The summed E-state index contributed by atoms with van der Waals surface area (Å²) in [5.74, 6) is -0.218. The van der Waals surface area contributed by atoms with Crippen molar-refractivity contribution in [3.05, 3.63) is 94.5 Å². The van der Waals surface area contributed by atoms with Crippen LogP contribution in [0.5, 0.6) is 0 Å². The first kappa shape index (κ1) is 17.5. The van der Waals surface area contributed by atoms with Crippen LogP contribution in [0.4, 0.5) is 5.69 Å². The first-order chi connectivity index (χ1) is 13.1. The van der Waals surface area contributed by atoms with Crippen LogP contribution in [0.2, 0.25) is 10.0 Å². The van der Waals surface area contributed by atoms with Gasteiger partial charge in [0.2, 0.25) is 0 Å². The van der Waals surface area contributed by atoms with Crippen LogP contribution in [-0.4, -0.2) is 10.9 Å². The molecule has 0 spiro atoms. The van der Waals surface area contributed by atoms with Crippen LogP contribution in [0.1, 0.15) is 10.4 Å². The number of carbonyl (C=O) groups excluding carboxylic acids is 1. The first-order valence-corrected chi connectivity index (χ1v) is 9.09. The number of aromatic nitrogens is 1. The van der Waals surface area contributed by atoms with Crippen molar-refractivity contribution < 1.29 is 4.79 Å². The maximum absolute atomic E-state index is 13.0. The molecule has 3 aromatic carbocycles. The van der Waals surface area contributed by atoms with Gasteiger partial charge in [-0.15, -0.1) is 0 Å². The van der Waals surface area contributed by atoms with Gasteiger partial charge in [0.25, 0.3) is 5.91 Å². The largest absolute Gasteiger partial charge is 0.322 e. The van der Waals surface area contributed by atoms with Crippen LogP contribution in [0.15, 0.2) is 78.9 Å². The number of para-hydroxylation sites is 1. The fourth-order valence-corrected chi connectivity index (χ4v) is 3.26. The van der Waals surface area contributed by atoms with Crippen LogP contribution in [0, 0.1) is 0 Å². The normalized spacial score (nSPS) is 10.7. The monoisotopic (exact) mass is 392 g/mol. The van der Waals surface area contributed by atoms with E-state index in [0.29, 0.717) is 27.0 Å². The zero-order valence-electron chi connectivity index (χ0n) is 14.1. The SMILES string of the molecule is O=C(Nc1ccc(Cl)cc1)c1cc(-c2ccccc2Cl)nc2ccccc12. The van der Waals surface area contributed by atoms with E-state index in [0.717, 1.165) is 16.5 Å². The molecule has 4 aromatic rings. The Morgan fingerprint density at radius 2 is 1.56 bits per heavy atom. The number of pyridine rings is 1. The molecule has 5 heteroatoms. The lowest BCUT2D eigenvalue weighted by Gasteiger charge is -2.11. The van der Waals surface area contributed by atoms with Gasteiger partial charge in [-0.05, 0) is 42.5 Å². The van der Waals surface area contributed by atoms with Crippen molar-refractivity contribution in [2.24, 2.45) is 0 Å². The number of hydrogen-bond acceptors (Lipinski definition) is 2. The fourth-order valence-electron chi connectivity index (χ4n) is 2.90. The van der Waals surface area contributed by atoms with Crippen LogP contribution in [-0.2, 0) is 0 Å². The van der Waals surface area contributed by atoms with Gasteiger partial charge in [0, 0.05) is 26.7 Å². The highest BCUT2D eigenvalue weighted by Gasteiger charge is 2.15. The molecule has 0 unspecified atom stereocenters. The molecule has 0 aliphatic carbocycles. The van der Waals surface area contributed by atoms with E-state index in [4.69, 9.17) is 23.2 Å². The number of halogens is 2. The average molecular weight is 393 g/mol. The Kier molecular flexibility index (Phi) is 4.80. The van der Waals surface area contributed by atoms with Crippen LogP contribution in [0.25, 0.3) is 22.2 Å². The highest BCUT2D eigenvalue weighted by molar-refractivity contribution is 6.33. The van der Waals surface area contributed by atoms with E-state index in [1.807, 2.05) is 42.5 Å². The molecule has 132 valence electrons. The second-order valence-electron chi connectivity index (χ2n) is 6.01. The van der Waals surface area contributed by atoms with E-state index in [1.54, 1.807) is 36.4 Å². The summed E-state index contributed by atoms with van der Waals surface area (Å²) in [4.78, 5) is 17.7. The minimum absolute atomic E-state index is 0.218. The third-order valence-corrected chi connectivity index (χ3v) is 4.79. The second-order valence-corrected chi connectivity index (χ2v) is 6.86. The van der Waals surface area contributed by atoms with Gasteiger partial charge in [-0.1, -0.05) is 59.6 Å². The van der Waals surface area contributed by atoms with Gasteiger partial charge in [-0.2, -0.15) is 0 Å². The number of benzene rings is 3. The van der Waals surface area contributed by atoms with Gasteiger partial charge in [0.05, 0.1) is 16.8 Å². The number of nitrogens with one attached hydrogen (secondary N) is 1. The Balaban J connectivity index is 1.82. The predicted molar refractivity (Wildman–Crippen MR) is 112 cm³/mol. The van der Waals surface area contributed by atoms with Crippen molar-refractivity contribution in [1.82, 2.24) is 4.98 Å². The van der Waals surface area contributed by atoms with Gasteiger partial charge in [0.1, 0.15) is 0 Å². The van der Waals surface area contributed by atoms with E-state index in [9.17, 15) is 4.79 Å². The molecule has 0 saturated heterocycles. The second kappa shape index (κ2) is 7.39. The summed E-state index contributed by atoms with van der Waals surface area (Å²) >= 11 is 12.2. The molecule has 0 bridgehead atoms. The van der Waals surface area contributed by atoms with Crippen molar-refractivity contribution >= 4 is 45.7 Å². The molecule has 3 nitrogen and oxygen atoms in total. The lowest BCUT2D eigenvalue weighted by atomic mass is 10.0. The molecule has 1 aromatic heterocycles. The van der Waals surface area contributed by atoms with Gasteiger partial charge in [-0.3, -0.25) is 4.79 Å². The summed E-state index contributed by atoms with van der Waals surface area (Å²) in [5.41, 5.74) is 3.37. The summed E-state index contributed by atoms with van der Waals surface area (Å²) in [5, 5.41) is 4.89. The standard InChI is InChI=1S/C22H14Cl2N2O/c23-14-9-11-15(12-10-14)25-22(27)18-13-21(17-6-1-3-7-19(17)24)26-20-8-4-2-5-16(18)20/h1-13H,(H,25,27). The zero-order valence-corrected chi connectivity index (χ0v) is 15.6. The maximum atomic E-state index is 13.0. The highest BCUT2D eigenvalue weighted by Crippen LogP contribution is 2.30. The molecule has 0 aliphatic rings. The van der Waals surface area contributed by atoms with E-state index < -0.39 is 0 Å². The lowest BCUT2D eigenvalue weighted by molar-refractivity contribution is 0.102. The molecule has 0 saturated carbocycles. The summed E-state index contributed by atoms with van der Waals surface area (Å²) in [6.07, 6.45) is 0. The number of carbonyl (C=O) groups is 1. The summed E-state index contributed by atoms with van der Waals surface area (Å²) in [6.45, 7) is 0. The Bertz CT molecular complexity index is 1140. The molecular weight excluding hydrogens is 379 g/mol. The molecule has 0 atom stereocenters. The van der Waals surface area contributed by atoms with Crippen LogP contribution >= 0.6 is 23.2 Å². The summed E-state index contributed by atoms with van der Waals surface area (Å²) < 4.78 is 0. The van der Waals surface area contributed by atoms with Gasteiger partial charge >= 0.3 is 0 Å². The molecule has 1 heterocycles. The van der Waals surface area contributed by atoms with Crippen molar-refractivity contribution in [2.45, 2.75) is 0 Å². The third-order valence-electron chi connectivity index (χ3n) is 4.21. The highest BCUT2D eigenvalue weighted by atomic mass is 35.5. The topological polar surface area (TPSA) is 42.0 Å². The van der Waals surface area contributed by atoms with Crippen molar-refractivity contribution in [3.63, 3.8) is 0 Å². The molecule has 1 N–H and O–H groups in total. The van der Waals surface area contributed by atoms with Gasteiger partial charge in [0.15, 0.2) is 0 Å². The number of fused-ring (bicyclic) bond motifs is 1. The fraction of sp³-hybridized carbons (Fsp3) is 0. The zero-order chi connectivity index (χ0) is 18.8. The number of anilines is 1. The predicted octanol–water partition coefficient (Wildman–Crippen LogP) is 6.46. The van der Waals surface area contributed by atoms with Gasteiger partial charge in [-0.25, -0.2) is 4.98 Å². The molecule has 4 rings (SSSR count). The molecular formula is C22H14Cl2N2O. The van der Waals surface area contributed by atoms with Crippen molar-refractivity contribution in [2.75, 3.05) is 5.32 Å². The molecule has 0 radical (unpaired) electrons. The first-order valence-electron chi connectivity index (χ1n) is 8.33. The quantitative estimate of drug-likeness (QED) is 0.434. The van der Waals surface area contributed by atoms with Crippen LogP contribution in [0.3, 0.4) is 0 Å². The van der Waals surface area contributed by atoms with E-state index in [2.05, 4.69) is 10.3 Å². The van der Waals surface area contributed by atoms with E-state index in [1.165, 1.54) is 0 Å². The minimum Gasteiger partial charge on any atom is -0.322 e. The van der Waals surface area contributed by atoms with Gasteiger partial charge < -0.3 is 5.32 Å². The average Bonchev–Trinajstić information content (AvgIpc) is 2.69. The summed E-state index contributed by atoms with van der Waals surface area (Å²) in [7, 11) is 0. The number of rotatable bonds is 3. The molecule has 27 heavy (non-hydrogen) atoms. The molecule has 1 amide bonds. The maximum Gasteiger partial charge on any atom is 0.256 e.